The minimum absolute atomic E-state index is 0.389. The SMILES string of the molecule is CC1CC(C)CN(C(CCN)C(=O)O)C1. The average Bonchev–Trinajstić information content (AvgIpc) is 2.11. The molecule has 1 rings (SSSR count). The Bertz CT molecular complexity index is 211. The molecule has 0 aromatic heterocycles. The van der Waals surface area contributed by atoms with Crippen molar-refractivity contribution >= 4 is 5.97 Å². The van der Waals surface area contributed by atoms with Crippen LogP contribution in [-0.2, 0) is 4.79 Å². The Morgan fingerprint density at radius 3 is 2.40 bits per heavy atom. The lowest BCUT2D eigenvalue weighted by atomic mass is 9.90. The molecule has 4 heteroatoms. The summed E-state index contributed by atoms with van der Waals surface area (Å²) in [6.07, 6.45) is 1.75. The van der Waals surface area contributed by atoms with E-state index in [1.807, 2.05) is 0 Å². The summed E-state index contributed by atoms with van der Waals surface area (Å²) in [6, 6.07) is -0.389. The van der Waals surface area contributed by atoms with E-state index in [0.717, 1.165) is 13.1 Å². The second kappa shape index (κ2) is 5.47. The van der Waals surface area contributed by atoms with E-state index >= 15 is 0 Å². The molecule has 3 N–H and O–H groups in total. The van der Waals surface area contributed by atoms with Crippen LogP contribution in [0.4, 0.5) is 0 Å². The molecule has 88 valence electrons. The highest BCUT2D eigenvalue weighted by Crippen LogP contribution is 2.23. The van der Waals surface area contributed by atoms with Gasteiger partial charge < -0.3 is 10.8 Å². The van der Waals surface area contributed by atoms with Crippen LogP contribution in [-0.4, -0.2) is 41.7 Å². The van der Waals surface area contributed by atoms with Gasteiger partial charge in [-0.3, -0.25) is 9.69 Å². The Morgan fingerprint density at radius 1 is 1.47 bits per heavy atom. The number of carboxylic acids is 1. The number of hydrogen-bond acceptors (Lipinski definition) is 3. The third-order valence-electron chi connectivity index (χ3n) is 3.06. The average molecular weight is 214 g/mol. The molecule has 3 atom stereocenters. The van der Waals surface area contributed by atoms with Crippen LogP contribution >= 0.6 is 0 Å². The fraction of sp³-hybridized carbons (Fsp3) is 0.909. The summed E-state index contributed by atoms with van der Waals surface area (Å²) in [7, 11) is 0. The molecule has 4 nitrogen and oxygen atoms in total. The van der Waals surface area contributed by atoms with Gasteiger partial charge in [-0.1, -0.05) is 13.8 Å². The number of rotatable bonds is 4. The van der Waals surface area contributed by atoms with Crippen LogP contribution in [0, 0.1) is 11.8 Å². The number of likely N-dealkylation sites (tertiary alicyclic amines) is 1. The van der Waals surface area contributed by atoms with Crippen molar-refractivity contribution in [3.8, 4) is 0 Å². The van der Waals surface area contributed by atoms with Crippen molar-refractivity contribution in [3.05, 3.63) is 0 Å². The number of nitrogens with two attached hydrogens (primary N) is 1. The lowest BCUT2D eigenvalue weighted by Crippen LogP contribution is -2.49. The highest BCUT2D eigenvalue weighted by Gasteiger charge is 2.30. The molecule has 0 saturated carbocycles. The molecule has 0 spiro atoms. The zero-order valence-electron chi connectivity index (χ0n) is 9.65. The van der Waals surface area contributed by atoms with Gasteiger partial charge in [0.1, 0.15) is 6.04 Å². The van der Waals surface area contributed by atoms with E-state index in [0.29, 0.717) is 24.8 Å². The summed E-state index contributed by atoms with van der Waals surface area (Å²) >= 11 is 0. The molecule has 3 unspecified atom stereocenters. The lowest BCUT2D eigenvalue weighted by molar-refractivity contribution is -0.144. The molecule has 1 aliphatic heterocycles. The van der Waals surface area contributed by atoms with Crippen LogP contribution in [0.15, 0.2) is 0 Å². The van der Waals surface area contributed by atoms with Crippen LogP contribution < -0.4 is 5.73 Å². The first kappa shape index (κ1) is 12.5. The van der Waals surface area contributed by atoms with Crippen molar-refractivity contribution in [2.24, 2.45) is 17.6 Å². The Morgan fingerprint density at radius 2 is 2.00 bits per heavy atom. The monoisotopic (exact) mass is 214 g/mol. The molecular weight excluding hydrogens is 192 g/mol. The molecule has 0 bridgehead atoms. The van der Waals surface area contributed by atoms with Crippen molar-refractivity contribution in [2.75, 3.05) is 19.6 Å². The predicted molar refractivity (Wildman–Crippen MR) is 59.6 cm³/mol. The fourth-order valence-electron chi connectivity index (χ4n) is 2.59. The molecule has 1 heterocycles. The van der Waals surface area contributed by atoms with E-state index in [4.69, 9.17) is 10.8 Å². The van der Waals surface area contributed by atoms with E-state index < -0.39 is 5.97 Å². The van der Waals surface area contributed by atoms with Gasteiger partial charge in [-0.2, -0.15) is 0 Å². The molecule has 1 fully saturated rings. The molecule has 0 radical (unpaired) electrons. The van der Waals surface area contributed by atoms with Crippen LogP contribution in [0.3, 0.4) is 0 Å². The fourth-order valence-corrected chi connectivity index (χ4v) is 2.59. The molecule has 0 aliphatic carbocycles. The van der Waals surface area contributed by atoms with E-state index in [1.165, 1.54) is 6.42 Å². The number of piperidine rings is 1. The first-order valence-electron chi connectivity index (χ1n) is 5.71. The van der Waals surface area contributed by atoms with Gasteiger partial charge in [-0.05, 0) is 31.2 Å². The first-order valence-corrected chi connectivity index (χ1v) is 5.71. The molecule has 1 saturated heterocycles. The summed E-state index contributed by atoms with van der Waals surface area (Å²) in [5, 5.41) is 9.13. The van der Waals surface area contributed by atoms with Gasteiger partial charge in [-0.15, -0.1) is 0 Å². The summed E-state index contributed by atoms with van der Waals surface area (Å²) < 4.78 is 0. The van der Waals surface area contributed by atoms with Gasteiger partial charge >= 0.3 is 5.97 Å². The molecule has 0 aromatic carbocycles. The Hall–Kier alpha value is -0.610. The third kappa shape index (κ3) is 3.47. The smallest absolute Gasteiger partial charge is 0.320 e. The van der Waals surface area contributed by atoms with Crippen molar-refractivity contribution in [2.45, 2.75) is 32.7 Å². The van der Waals surface area contributed by atoms with E-state index in [1.54, 1.807) is 0 Å². The Labute approximate surface area is 91.4 Å². The van der Waals surface area contributed by atoms with Crippen LogP contribution in [0.1, 0.15) is 26.7 Å². The molecule has 0 aromatic rings. The van der Waals surface area contributed by atoms with Gasteiger partial charge in [0.05, 0.1) is 0 Å². The maximum atomic E-state index is 11.1. The maximum Gasteiger partial charge on any atom is 0.320 e. The second-order valence-corrected chi connectivity index (χ2v) is 4.83. The lowest BCUT2D eigenvalue weighted by Gasteiger charge is -2.38. The summed E-state index contributed by atoms with van der Waals surface area (Å²) in [6.45, 7) is 6.59. The standard InChI is InChI=1S/C11H22N2O2/c1-8-5-9(2)7-13(6-8)10(3-4-12)11(14)15/h8-10H,3-7,12H2,1-2H3,(H,14,15). The number of nitrogens with zero attached hydrogens (tertiary/aromatic N) is 1. The zero-order valence-corrected chi connectivity index (χ0v) is 9.65. The molecule has 1 aliphatic rings. The summed E-state index contributed by atoms with van der Waals surface area (Å²) in [5.41, 5.74) is 5.45. The largest absolute Gasteiger partial charge is 0.480 e. The van der Waals surface area contributed by atoms with Gasteiger partial charge in [0.25, 0.3) is 0 Å². The predicted octanol–water partition coefficient (Wildman–Crippen LogP) is 0.766. The van der Waals surface area contributed by atoms with Gasteiger partial charge in [0, 0.05) is 13.1 Å². The zero-order chi connectivity index (χ0) is 11.4. The highest BCUT2D eigenvalue weighted by molar-refractivity contribution is 5.73. The van der Waals surface area contributed by atoms with E-state index in [9.17, 15) is 4.79 Å². The summed E-state index contributed by atoms with van der Waals surface area (Å²) in [5.74, 6) is 0.448. The van der Waals surface area contributed by atoms with Crippen molar-refractivity contribution < 1.29 is 9.90 Å². The van der Waals surface area contributed by atoms with Crippen LogP contribution in [0.5, 0.6) is 0 Å². The first-order chi connectivity index (χ1) is 7.04. The Balaban J connectivity index is 2.61. The highest BCUT2D eigenvalue weighted by atomic mass is 16.4. The number of hydrogen-bond donors (Lipinski definition) is 2. The second-order valence-electron chi connectivity index (χ2n) is 4.83. The van der Waals surface area contributed by atoms with Gasteiger partial charge in [0.15, 0.2) is 0 Å². The van der Waals surface area contributed by atoms with E-state index in [-0.39, 0.29) is 6.04 Å². The van der Waals surface area contributed by atoms with Crippen molar-refractivity contribution in [3.63, 3.8) is 0 Å². The maximum absolute atomic E-state index is 11.1. The number of carboxylic acid groups (broad SMARTS) is 1. The van der Waals surface area contributed by atoms with Crippen molar-refractivity contribution in [1.29, 1.82) is 0 Å². The molecule has 15 heavy (non-hydrogen) atoms. The number of aliphatic carboxylic acids is 1. The normalized spacial score (nSPS) is 30.1. The van der Waals surface area contributed by atoms with Crippen LogP contribution in [0.2, 0.25) is 0 Å². The van der Waals surface area contributed by atoms with Gasteiger partial charge in [0.2, 0.25) is 0 Å². The van der Waals surface area contributed by atoms with Gasteiger partial charge in [-0.25, -0.2) is 0 Å². The van der Waals surface area contributed by atoms with Crippen molar-refractivity contribution in [1.82, 2.24) is 4.90 Å². The number of carbonyl (C=O) groups is 1. The van der Waals surface area contributed by atoms with E-state index in [2.05, 4.69) is 18.7 Å². The topological polar surface area (TPSA) is 66.6 Å². The molecular formula is C11H22N2O2. The Kier molecular flexibility index (Phi) is 4.54. The molecule has 0 amide bonds. The van der Waals surface area contributed by atoms with Crippen LogP contribution in [0.25, 0.3) is 0 Å². The third-order valence-corrected chi connectivity index (χ3v) is 3.06. The quantitative estimate of drug-likeness (QED) is 0.725. The minimum atomic E-state index is -0.734. The summed E-state index contributed by atoms with van der Waals surface area (Å²) in [4.78, 5) is 13.2. The minimum Gasteiger partial charge on any atom is -0.480 e.